The van der Waals surface area contributed by atoms with Crippen molar-refractivity contribution >= 4 is 5.78 Å². The molecule has 1 atom stereocenters. The smallest absolute Gasteiger partial charge is 0.166 e. The van der Waals surface area contributed by atoms with Gasteiger partial charge < -0.3 is 5.11 Å². The molecule has 0 spiro atoms. The molecule has 1 fully saturated rings. The molecular weight excluding hydrogens is 334 g/mol. The van der Waals surface area contributed by atoms with Gasteiger partial charge in [-0.05, 0) is 41.9 Å². The van der Waals surface area contributed by atoms with Crippen LogP contribution in [-0.2, 0) is 4.79 Å². The van der Waals surface area contributed by atoms with E-state index >= 15 is 0 Å². The van der Waals surface area contributed by atoms with Gasteiger partial charge in [-0.15, -0.1) is 0 Å². The lowest BCUT2D eigenvalue weighted by molar-refractivity contribution is -0.120. The molecule has 4 heteroatoms. The van der Waals surface area contributed by atoms with Crippen LogP contribution in [0.15, 0.2) is 36.4 Å². The number of aliphatic hydroxyl groups excluding tert-OH is 1. The highest BCUT2D eigenvalue weighted by Crippen LogP contribution is 2.36. The number of aliphatic hydroxyl groups is 1. The molecule has 138 valence electrons. The Morgan fingerprint density at radius 3 is 2.31 bits per heavy atom. The van der Waals surface area contributed by atoms with E-state index in [1.807, 2.05) is 6.92 Å². The van der Waals surface area contributed by atoms with Gasteiger partial charge in [-0.2, -0.15) is 0 Å². The van der Waals surface area contributed by atoms with Crippen LogP contribution in [0.2, 0.25) is 0 Å². The second-order valence-corrected chi connectivity index (χ2v) is 7.07. The summed E-state index contributed by atoms with van der Waals surface area (Å²) < 4.78 is 29.3. The minimum Gasteiger partial charge on any atom is -0.388 e. The van der Waals surface area contributed by atoms with Gasteiger partial charge in [-0.1, -0.05) is 49.7 Å². The first-order valence-corrected chi connectivity index (χ1v) is 9.29. The highest BCUT2D eigenvalue weighted by atomic mass is 19.2. The molecule has 0 saturated heterocycles. The number of hydrogen-bond donors (Lipinski definition) is 1. The fraction of sp³-hybridized carbons (Fsp3) is 0.409. The molecule has 1 N–H and O–H groups in total. The SMILES string of the molecule is CCCC(O)c1ccc(-c2ccc(C3CCC(=O)CC3)c(F)c2F)cc1. The molecular formula is C22H24F2O2. The van der Waals surface area contributed by atoms with E-state index in [0.717, 1.165) is 12.0 Å². The van der Waals surface area contributed by atoms with Gasteiger partial charge in [-0.25, -0.2) is 8.78 Å². The molecule has 0 amide bonds. The van der Waals surface area contributed by atoms with E-state index in [0.29, 0.717) is 43.2 Å². The molecule has 1 aliphatic rings. The molecule has 2 nitrogen and oxygen atoms in total. The minimum atomic E-state index is -0.846. The molecule has 2 aromatic rings. The average molecular weight is 358 g/mol. The fourth-order valence-corrected chi connectivity index (χ4v) is 3.68. The Labute approximate surface area is 152 Å². The maximum atomic E-state index is 14.7. The summed E-state index contributed by atoms with van der Waals surface area (Å²) in [5.41, 5.74) is 1.95. The van der Waals surface area contributed by atoms with Crippen LogP contribution < -0.4 is 0 Å². The Hall–Kier alpha value is -2.07. The number of hydrogen-bond acceptors (Lipinski definition) is 2. The van der Waals surface area contributed by atoms with Crippen LogP contribution in [0, 0.1) is 11.6 Å². The van der Waals surface area contributed by atoms with Gasteiger partial charge >= 0.3 is 0 Å². The van der Waals surface area contributed by atoms with Crippen LogP contribution in [-0.4, -0.2) is 10.9 Å². The maximum Gasteiger partial charge on any atom is 0.166 e. The van der Waals surface area contributed by atoms with E-state index in [1.54, 1.807) is 36.4 Å². The zero-order valence-corrected chi connectivity index (χ0v) is 15.0. The van der Waals surface area contributed by atoms with Crippen molar-refractivity contribution in [1.29, 1.82) is 0 Å². The number of carbonyl (C=O) groups is 1. The van der Waals surface area contributed by atoms with Gasteiger partial charge in [0, 0.05) is 18.4 Å². The molecule has 0 radical (unpaired) electrons. The first-order chi connectivity index (χ1) is 12.5. The molecule has 0 heterocycles. The van der Waals surface area contributed by atoms with E-state index in [-0.39, 0.29) is 17.3 Å². The van der Waals surface area contributed by atoms with Crippen LogP contribution in [0.5, 0.6) is 0 Å². The van der Waals surface area contributed by atoms with E-state index < -0.39 is 17.7 Å². The van der Waals surface area contributed by atoms with Crippen LogP contribution in [0.1, 0.15) is 68.6 Å². The summed E-state index contributed by atoms with van der Waals surface area (Å²) in [4.78, 5) is 11.4. The predicted octanol–water partition coefficient (Wildman–Crippen LogP) is 5.69. The molecule has 2 aromatic carbocycles. The third-order valence-corrected chi connectivity index (χ3v) is 5.26. The first-order valence-electron chi connectivity index (χ1n) is 9.29. The van der Waals surface area contributed by atoms with Crippen LogP contribution in [0.4, 0.5) is 8.78 Å². The van der Waals surface area contributed by atoms with Gasteiger partial charge in [0.05, 0.1) is 6.10 Å². The average Bonchev–Trinajstić information content (AvgIpc) is 2.65. The zero-order chi connectivity index (χ0) is 18.7. The van der Waals surface area contributed by atoms with Gasteiger partial charge in [-0.3, -0.25) is 4.79 Å². The Balaban J connectivity index is 1.85. The van der Waals surface area contributed by atoms with Gasteiger partial charge in [0.1, 0.15) is 5.78 Å². The summed E-state index contributed by atoms with van der Waals surface area (Å²) in [5.74, 6) is -1.55. The van der Waals surface area contributed by atoms with Crippen molar-refractivity contribution in [2.24, 2.45) is 0 Å². The number of Topliss-reactive ketones (excluding diaryl/α,β-unsaturated/α-hetero) is 1. The Kier molecular flexibility index (Phi) is 5.82. The van der Waals surface area contributed by atoms with E-state index in [9.17, 15) is 18.7 Å². The molecule has 1 unspecified atom stereocenters. The van der Waals surface area contributed by atoms with Crippen molar-refractivity contribution in [3.05, 3.63) is 59.2 Å². The largest absolute Gasteiger partial charge is 0.388 e. The summed E-state index contributed by atoms with van der Waals surface area (Å²) >= 11 is 0. The second kappa shape index (κ2) is 8.09. The standard InChI is InChI=1S/C22H24F2O2/c1-2-3-20(26)16-6-4-14(5-7-16)18-12-13-19(22(24)21(18)23)15-8-10-17(25)11-9-15/h4-7,12-13,15,20,26H,2-3,8-11H2,1H3. The predicted molar refractivity (Wildman–Crippen MR) is 97.9 cm³/mol. The van der Waals surface area contributed by atoms with E-state index in [4.69, 9.17) is 0 Å². The van der Waals surface area contributed by atoms with Gasteiger partial charge in [0.15, 0.2) is 11.6 Å². The van der Waals surface area contributed by atoms with Crippen molar-refractivity contribution in [1.82, 2.24) is 0 Å². The topological polar surface area (TPSA) is 37.3 Å². The van der Waals surface area contributed by atoms with Crippen molar-refractivity contribution in [2.45, 2.75) is 57.5 Å². The number of ketones is 1. The van der Waals surface area contributed by atoms with Crippen LogP contribution in [0.3, 0.4) is 0 Å². The molecule has 0 aliphatic heterocycles. The fourth-order valence-electron chi connectivity index (χ4n) is 3.68. The number of benzene rings is 2. The second-order valence-electron chi connectivity index (χ2n) is 7.07. The third-order valence-electron chi connectivity index (χ3n) is 5.26. The highest BCUT2D eigenvalue weighted by Gasteiger charge is 2.25. The van der Waals surface area contributed by atoms with Crippen LogP contribution in [0.25, 0.3) is 11.1 Å². The first kappa shape index (κ1) is 18.7. The molecule has 1 saturated carbocycles. The summed E-state index contributed by atoms with van der Waals surface area (Å²) in [6, 6.07) is 10.2. The molecule has 0 bridgehead atoms. The lowest BCUT2D eigenvalue weighted by Crippen LogP contribution is -2.14. The Morgan fingerprint density at radius 1 is 1.04 bits per heavy atom. The van der Waals surface area contributed by atoms with Crippen molar-refractivity contribution in [3.63, 3.8) is 0 Å². The molecule has 1 aliphatic carbocycles. The van der Waals surface area contributed by atoms with E-state index in [2.05, 4.69) is 0 Å². The quantitative estimate of drug-likeness (QED) is 0.745. The monoisotopic (exact) mass is 358 g/mol. The van der Waals surface area contributed by atoms with Gasteiger partial charge in [0.2, 0.25) is 0 Å². The van der Waals surface area contributed by atoms with Gasteiger partial charge in [0.25, 0.3) is 0 Å². The summed E-state index contributed by atoms with van der Waals surface area (Å²) in [6.07, 6.45) is 3.05. The summed E-state index contributed by atoms with van der Waals surface area (Å²) in [6.45, 7) is 2.00. The lowest BCUT2D eigenvalue weighted by atomic mass is 9.82. The third kappa shape index (κ3) is 3.85. The summed E-state index contributed by atoms with van der Waals surface area (Å²) in [5, 5.41) is 10.0. The molecule has 26 heavy (non-hydrogen) atoms. The van der Waals surface area contributed by atoms with Crippen molar-refractivity contribution in [3.8, 4) is 11.1 Å². The minimum absolute atomic E-state index is 0.0946. The molecule has 0 aromatic heterocycles. The number of carbonyl (C=O) groups excluding carboxylic acids is 1. The Bertz CT molecular complexity index is 773. The maximum absolute atomic E-state index is 14.7. The normalized spacial score (nSPS) is 16.7. The highest BCUT2D eigenvalue weighted by molar-refractivity contribution is 5.79. The summed E-state index contributed by atoms with van der Waals surface area (Å²) in [7, 11) is 0. The van der Waals surface area contributed by atoms with Crippen molar-refractivity contribution < 1.29 is 18.7 Å². The lowest BCUT2D eigenvalue weighted by Gasteiger charge is -2.22. The number of halogens is 2. The zero-order valence-electron chi connectivity index (χ0n) is 15.0. The Morgan fingerprint density at radius 2 is 1.69 bits per heavy atom. The van der Waals surface area contributed by atoms with Crippen molar-refractivity contribution in [2.75, 3.05) is 0 Å². The van der Waals surface area contributed by atoms with E-state index in [1.165, 1.54) is 0 Å². The molecule has 3 rings (SSSR count). The number of rotatable bonds is 5. The van der Waals surface area contributed by atoms with Crippen LogP contribution >= 0.6 is 0 Å².